The van der Waals surface area contributed by atoms with Gasteiger partial charge in [0, 0.05) is 17.5 Å². The minimum atomic E-state index is 0.178. The minimum Gasteiger partial charge on any atom is -0.491 e. The Bertz CT molecular complexity index is 1400. The molecule has 3 aliphatic rings. The van der Waals surface area contributed by atoms with Crippen LogP contribution in [0.2, 0.25) is 0 Å². The summed E-state index contributed by atoms with van der Waals surface area (Å²) in [5.41, 5.74) is 2.26. The maximum absolute atomic E-state index is 6.30. The van der Waals surface area contributed by atoms with Crippen LogP contribution in [0.25, 0.3) is 21.5 Å². The number of rotatable bonds is 11. The van der Waals surface area contributed by atoms with Crippen molar-refractivity contribution in [1.29, 1.82) is 0 Å². The van der Waals surface area contributed by atoms with Gasteiger partial charge in [-0.25, -0.2) is 0 Å². The van der Waals surface area contributed by atoms with Crippen LogP contribution >= 0.6 is 0 Å². The van der Waals surface area contributed by atoms with E-state index in [1.54, 1.807) is 0 Å². The van der Waals surface area contributed by atoms with Gasteiger partial charge in [-0.05, 0) is 45.8 Å². The predicted octanol–water partition coefficient (Wildman–Crippen LogP) is 4.92. The van der Waals surface area contributed by atoms with Crippen molar-refractivity contribution >= 4 is 21.5 Å². The summed E-state index contributed by atoms with van der Waals surface area (Å²) in [7, 11) is 0. The van der Waals surface area contributed by atoms with Crippen molar-refractivity contribution in [3.05, 3.63) is 77.9 Å². The van der Waals surface area contributed by atoms with Crippen LogP contribution in [0.4, 0.5) is 0 Å². The normalized spacial score (nSPS) is 21.9. The summed E-state index contributed by atoms with van der Waals surface area (Å²) in [5.74, 6) is 2.59. The molecule has 0 saturated carbocycles. The number of ether oxygens (including phenoxy) is 6. The van der Waals surface area contributed by atoms with Gasteiger partial charge in [0.2, 0.25) is 0 Å². The van der Waals surface area contributed by atoms with Gasteiger partial charge in [-0.2, -0.15) is 0 Å². The summed E-state index contributed by atoms with van der Waals surface area (Å²) in [6.07, 6.45) is 1.24. The zero-order chi connectivity index (χ0) is 23.9. The van der Waals surface area contributed by atoms with Crippen molar-refractivity contribution in [2.24, 2.45) is 0 Å². The highest BCUT2D eigenvalue weighted by Crippen LogP contribution is 2.38. The molecule has 0 bridgehead atoms. The van der Waals surface area contributed by atoms with Crippen molar-refractivity contribution in [3.63, 3.8) is 0 Å². The van der Waals surface area contributed by atoms with Crippen LogP contribution in [0.5, 0.6) is 17.2 Å². The van der Waals surface area contributed by atoms with Crippen LogP contribution in [-0.4, -0.2) is 58.0 Å². The number of hydrogen-bond acceptors (Lipinski definition) is 6. The molecule has 0 aromatic heterocycles. The lowest BCUT2D eigenvalue weighted by atomic mass is 9.93. The molecule has 6 heteroatoms. The molecule has 36 heavy (non-hydrogen) atoms. The zero-order valence-electron chi connectivity index (χ0n) is 20.0. The molecule has 0 spiro atoms. The van der Waals surface area contributed by atoms with Crippen LogP contribution in [0.1, 0.15) is 11.1 Å². The lowest BCUT2D eigenvalue weighted by Crippen LogP contribution is -2.09. The van der Waals surface area contributed by atoms with Gasteiger partial charge in [0.25, 0.3) is 0 Å². The van der Waals surface area contributed by atoms with Gasteiger partial charge < -0.3 is 28.4 Å². The standard InChI is InChI=1S/C30H28O6/c1-2-4-25-19(3-1)6-9-29(35-17-23-15-33-23)27(25)12-28-26-11-21(31-13-22-14-32-22)8-5-20(26)7-10-30(28)36-18-24-16-34-24/h1-11,22-24H,12-18H2. The second kappa shape index (κ2) is 9.28. The quantitative estimate of drug-likeness (QED) is 0.282. The van der Waals surface area contributed by atoms with Crippen molar-refractivity contribution in [2.75, 3.05) is 39.6 Å². The SMILES string of the molecule is c1ccc2c(Cc3c(OCC4CO4)ccc4ccc(OCC5CO5)cc34)c(OCC3CO3)ccc2c1. The number of benzene rings is 4. The van der Waals surface area contributed by atoms with Gasteiger partial charge in [-0.15, -0.1) is 0 Å². The average Bonchev–Trinajstić information content (AvgIpc) is 3.76. The summed E-state index contributed by atoms with van der Waals surface area (Å²) in [4.78, 5) is 0. The molecule has 0 amide bonds. The molecule has 3 atom stereocenters. The Kier molecular flexibility index (Phi) is 5.65. The van der Waals surface area contributed by atoms with Crippen molar-refractivity contribution in [1.82, 2.24) is 0 Å². The van der Waals surface area contributed by atoms with Crippen molar-refractivity contribution in [3.8, 4) is 17.2 Å². The Hall–Kier alpha value is -3.32. The summed E-state index contributed by atoms with van der Waals surface area (Å²) in [6, 6.07) is 23.1. The summed E-state index contributed by atoms with van der Waals surface area (Å²) >= 11 is 0. The van der Waals surface area contributed by atoms with E-state index in [1.165, 1.54) is 10.8 Å². The van der Waals surface area contributed by atoms with E-state index in [9.17, 15) is 0 Å². The molecule has 0 aliphatic carbocycles. The van der Waals surface area contributed by atoms with Gasteiger partial charge >= 0.3 is 0 Å². The third kappa shape index (κ3) is 4.85. The first kappa shape index (κ1) is 21.9. The van der Waals surface area contributed by atoms with Crippen LogP contribution in [0.15, 0.2) is 66.7 Å². The largest absolute Gasteiger partial charge is 0.491 e. The van der Waals surface area contributed by atoms with E-state index in [0.717, 1.165) is 59.0 Å². The molecule has 3 saturated heterocycles. The van der Waals surface area contributed by atoms with E-state index in [0.29, 0.717) is 26.2 Å². The van der Waals surface area contributed by atoms with E-state index >= 15 is 0 Å². The van der Waals surface area contributed by atoms with Gasteiger partial charge in [0.15, 0.2) is 0 Å². The second-order valence-electron chi connectivity index (χ2n) is 9.66. The fourth-order valence-electron chi connectivity index (χ4n) is 4.61. The zero-order valence-corrected chi connectivity index (χ0v) is 20.0. The van der Waals surface area contributed by atoms with Crippen LogP contribution in [-0.2, 0) is 20.6 Å². The van der Waals surface area contributed by atoms with E-state index in [-0.39, 0.29) is 18.3 Å². The molecule has 3 unspecified atom stereocenters. The van der Waals surface area contributed by atoms with E-state index in [1.807, 2.05) is 6.07 Å². The maximum Gasteiger partial charge on any atom is 0.123 e. The van der Waals surface area contributed by atoms with Crippen LogP contribution in [0.3, 0.4) is 0 Å². The summed E-state index contributed by atoms with van der Waals surface area (Å²) in [6.45, 7) is 3.98. The minimum absolute atomic E-state index is 0.178. The molecular formula is C30H28O6. The van der Waals surface area contributed by atoms with Crippen molar-refractivity contribution in [2.45, 2.75) is 24.7 Å². The van der Waals surface area contributed by atoms with E-state index < -0.39 is 0 Å². The highest BCUT2D eigenvalue weighted by atomic mass is 16.6. The lowest BCUT2D eigenvalue weighted by molar-refractivity contribution is 0.259. The molecule has 4 aromatic carbocycles. The Morgan fingerprint density at radius 1 is 0.583 bits per heavy atom. The molecule has 184 valence electrons. The summed E-state index contributed by atoms with van der Waals surface area (Å²) < 4.78 is 34.7. The molecule has 7 rings (SSSR count). The highest BCUT2D eigenvalue weighted by Gasteiger charge is 2.26. The molecule has 0 radical (unpaired) electrons. The summed E-state index contributed by atoms with van der Waals surface area (Å²) in [5, 5.41) is 4.62. The third-order valence-corrected chi connectivity index (χ3v) is 6.91. The second-order valence-corrected chi connectivity index (χ2v) is 9.66. The van der Waals surface area contributed by atoms with Gasteiger partial charge in [-0.3, -0.25) is 0 Å². The fourth-order valence-corrected chi connectivity index (χ4v) is 4.61. The van der Waals surface area contributed by atoms with E-state index in [4.69, 9.17) is 28.4 Å². The fraction of sp³-hybridized carbons (Fsp3) is 0.333. The molecule has 3 heterocycles. The number of epoxide rings is 3. The van der Waals surface area contributed by atoms with Crippen LogP contribution in [0, 0.1) is 0 Å². The molecular weight excluding hydrogens is 456 g/mol. The topological polar surface area (TPSA) is 65.3 Å². The third-order valence-electron chi connectivity index (χ3n) is 6.91. The monoisotopic (exact) mass is 484 g/mol. The number of fused-ring (bicyclic) bond motifs is 2. The smallest absolute Gasteiger partial charge is 0.123 e. The van der Waals surface area contributed by atoms with Gasteiger partial charge in [0.1, 0.15) is 55.4 Å². The van der Waals surface area contributed by atoms with Crippen molar-refractivity contribution < 1.29 is 28.4 Å². The van der Waals surface area contributed by atoms with E-state index in [2.05, 4.69) is 60.7 Å². The Morgan fingerprint density at radius 2 is 1.11 bits per heavy atom. The first-order valence-corrected chi connectivity index (χ1v) is 12.6. The van der Waals surface area contributed by atoms with Gasteiger partial charge in [0.05, 0.1) is 19.8 Å². The highest BCUT2D eigenvalue weighted by molar-refractivity contribution is 5.92. The number of hydrogen-bond donors (Lipinski definition) is 0. The maximum atomic E-state index is 6.30. The molecule has 0 N–H and O–H groups in total. The molecule has 4 aromatic rings. The van der Waals surface area contributed by atoms with Crippen LogP contribution < -0.4 is 14.2 Å². The predicted molar refractivity (Wildman–Crippen MR) is 136 cm³/mol. The Balaban J connectivity index is 1.31. The molecule has 6 nitrogen and oxygen atoms in total. The first-order valence-electron chi connectivity index (χ1n) is 12.6. The van der Waals surface area contributed by atoms with Gasteiger partial charge in [-0.1, -0.05) is 42.5 Å². The molecule has 3 aliphatic heterocycles. The first-order chi connectivity index (χ1) is 17.8. The lowest BCUT2D eigenvalue weighted by Gasteiger charge is -2.18. The Morgan fingerprint density at radius 3 is 1.75 bits per heavy atom. The average molecular weight is 485 g/mol. The molecule has 3 fully saturated rings. The Labute approximate surface area is 209 Å².